The summed E-state index contributed by atoms with van der Waals surface area (Å²) in [5, 5.41) is 0. The summed E-state index contributed by atoms with van der Waals surface area (Å²) in [6.45, 7) is 1.98. The summed E-state index contributed by atoms with van der Waals surface area (Å²) < 4.78 is 14.3. The monoisotopic (exact) mass is 320 g/mol. The molecule has 2 aromatic rings. The molecule has 0 N–H and O–H groups in total. The first kappa shape index (κ1) is 13.9. The minimum atomic E-state index is -0.340. The van der Waals surface area contributed by atoms with Gasteiger partial charge in [-0.2, -0.15) is 0 Å². The molecule has 0 aliphatic carbocycles. The largest absolute Gasteiger partial charge is 0.299 e. The summed E-state index contributed by atoms with van der Waals surface area (Å²) >= 11 is 3.20. The molecule has 0 atom stereocenters. The molecule has 0 saturated carbocycles. The quantitative estimate of drug-likeness (QED) is 0.823. The van der Waals surface area contributed by atoms with Crippen LogP contribution < -0.4 is 0 Å². The number of rotatable bonds is 4. The molecule has 0 spiro atoms. The Bertz CT molecular complexity index is 607. The van der Waals surface area contributed by atoms with E-state index in [9.17, 15) is 9.18 Å². The third-order valence-corrected chi connectivity index (χ3v) is 3.54. The van der Waals surface area contributed by atoms with Crippen molar-refractivity contribution in [2.75, 3.05) is 0 Å². The SMILES string of the molecule is Cc1ccccc1CC(=O)Cc1ccc(Br)cc1F. The normalized spacial score (nSPS) is 10.5. The molecule has 0 bridgehead atoms. The van der Waals surface area contributed by atoms with Crippen molar-refractivity contribution in [3.8, 4) is 0 Å². The molecule has 2 aromatic carbocycles. The molecular weight excluding hydrogens is 307 g/mol. The standard InChI is InChI=1S/C16H14BrFO/c1-11-4-2-3-5-12(11)8-15(19)9-13-6-7-14(17)10-16(13)18/h2-7,10H,8-9H2,1H3. The topological polar surface area (TPSA) is 17.1 Å². The van der Waals surface area contributed by atoms with Gasteiger partial charge in [0.1, 0.15) is 11.6 Å². The Hall–Kier alpha value is -1.48. The zero-order valence-corrected chi connectivity index (χ0v) is 12.2. The number of benzene rings is 2. The van der Waals surface area contributed by atoms with Gasteiger partial charge >= 0.3 is 0 Å². The molecule has 0 aliphatic heterocycles. The summed E-state index contributed by atoms with van der Waals surface area (Å²) in [7, 11) is 0. The van der Waals surface area contributed by atoms with E-state index < -0.39 is 0 Å². The fourth-order valence-electron chi connectivity index (χ4n) is 1.96. The number of carbonyl (C=O) groups excluding carboxylic acids is 1. The third kappa shape index (κ3) is 3.74. The van der Waals surface area contributed by atoms with E-state index in [0.717, 1.165) is 11.1 Å². The van der Waals surface area contributed by atoms with Crippen LogP contribution in [0.4, 0.5) is 4.39 Å². The van der Waals surface area contributed by atoms with Crippen LogP contribution in [0, 0.1) is 12.7 Å². The van der Waals surface area contributed by atoms with Gasteiger partial charge in [-0.15, -0.1) is 0 Å². The molecule has 0 aromatic heterocycles. The van der Waals surface area contributed by atoms with E-state index in [2.05, 4.69) is 15.9 Å². The Morgan fingerprint density at radius 3 is 2.47 bits per heavy atom. The molecule has 0 fully saturated rings. The number of hydrogen-bond acceptors (Lipinski definition) is 1. The molecule has 0 aliphatic rings. The van der Waals surface area contributed by atoms with E-state index in [1.54, 1.807) is 12.1 Å². The number of Topliss-reactive ketones (excluding diaryl/α,β-unsaturated/α-hetero) is 1. The summed E-state index contributed by atoms with van der Waals surface area (Å²) in [5.74, 6) is -0.317. The van der Waals surface area contributed by atoms with Gasteiger partial charge < -0.3 is 0 Å². The maximum Gasteiger partial charge on any atom is 0.141 e. The average Bonchev–Trinajstić information content (AvgIpc) is 2.36. The van der Waals surface area contributed by atoms with Crippen molar-refractivity contribution >= 4 is 21.7 Å². The van der Waals surface area contributed by atoms with Crippen molar-refractivity contribution in [2.45, 2.75) is 19.8 Å². The van der Waals surface area contributed by atoms with Crippen molar-refractivity contribution in [3.63, 3.8) is 0 Å². The average molecular weight is 321 g/mol. The van der Waals surface area contributed by atoms with Gasteiger partial charge in [-0.25, -0.2) is 4.39 Å². The molecule has 2 rings (SSSR count). The number of hydrogen-bond donors (Lipinski definition) is 0. The van der Waals surface area contributed by atoms with Crippen LogP contribution in [0.1, 0.15) is 16.7 Å². The highest BCUT2D eigenvalue weighted by molar-refractivity contribution is 9.10. The zero-order valence-electron chi connectivity index (χ0n) is 10.6. The fourth-order valence-corrected chi connectivity index (χ4v) is 2.29. The first-order valence-corrected chi connectivity index (χ1v) is 6.85. The molecule has 1 nitrogen and oxygen atoms in total. The highest BCUT2D eigenvalue weighted by Crippen LogP contribution is 2.17. The van der Waals surface area contributed by atoms with E-state index in [-0.39, 0.29) is 18.0 Å². The number of ketones is 1. The lowest BCUT2D eigenvalue weighted by Crippen LogP contribution is -2.08. The first-order chi connectivity index (χ1) is 9.06. The highest BCUT2D eigenvalue weighted by atomic mass is 79.9. The van der Waals surface area contributed by atoms with Crippen molar-refractivity contribution in [1.82, 2.24) is 0 Å². The van der Waals surface area contributed by atoms with Crippen LogP contribution in [0.3, 0.4) is 0 Å². The smallest absolute Gasteiger partial charge is 0.141 e. The van der Waals surface area contributed by atoms with Gasteiger partial charge in [0.25, 0.3) is 0 Å². The second kappa shape index (κ2) is 6.11. The number of halogens is 2. The fraction of sp³-hybridized carbons (Fsp3) is 0.188. The molecule has 0 unspecified atom stereocenters. The van der Waals surface area contributed by atoms with E-state index in [4.69, 9.17) is 0 Å². The molecule has 98 valence electrons. The van der Waals surface area contributed by atoms with Crippen molar-refractivity contribution in [2.24, 2.45) is 0 Å². The molecular formula is C16H14BrFO. The van der Waals surface area contributed by atoms with Crippen LogP contribution in [0.15, 0.2) is 46.9 Å². The van der Waals surface area contributed by atoms with Gasteiger partial charge in [0.15, 0.2) is 0 Å². The van der Waals surface area contributed by atoms with Gasteiger partial charge in [0.05, 0.1) is 0 Å². The van der Waals surface area contributed by atoms with E-state index in [1.807, 2.05) is 31.2 Å². The Morgan fingerprint density at radius 2 is 1.79 bits per heavy atom. The Morgan fingerprint density at radius 1 is 1.11 bits per heavy atom. The van der Waals surface area contributed by atoms with Gasteiger partial charge in [0.2, 0.25) is 0 Å². The van der Waals surface area contributed by atoms with Crippen molar-refractivity contribution in [1.29, 1.82) is 0 Å². The predicted octanol–water partition coefficient (Wildman–Crippen LogP) is 4.25. The second-order valence-electron chi connectivity index (χ2n) is 4.55. The van der Waals surface area contributed by atoms with E-state index in [1.165, 1.54) is 6.07 Å². The minimum Gasteiger partial charge on any atom is -0.299 e. The lowest BCUT2D eigenvalue weighted by Gasteiger charge is -2.06. The third-order valence-electron chi connectivity index (χ3n) is 3.05. The summed E-state index contributed by atoms with van der Waals surface area (Å²) in [6, 6.07) is 12.5. The van der Waals surface area contributed by atoms with Gasteiger partial charge in [-0.3, -0.25) is 4.79 Å². The predicted molar refractivity (Wildman–Crippen MR) is 77.7 cm³/mol. The molecule has 3 heteroatoms. The van der Waals surface area contributed by atoms with Crippen molar-refractivity contribution < 1.29 is 9.18 Å². The number of carbonyl (C=O) groups is 1. The van der Waals surface area contributed by atoms with E-state index >= 15 is 0 Å². The second-order valence-corrected chi connectivity index (χ2v) is 5.47. The summed E-state index contributed by atoms with van der Waals surface area (Å²) in [6.07, 6.45) is 0.482. The molecule has 0 saturated heterocycles. The van der Waals surface area contributed by atoms with Gasteiger partial charge in [-0.1, -0.05) is 46.3 Å². The molecule has 19 heavy (non-hydrogen) atoms. The highest BCUT2D eigenvalue weighted by Gasteiger charge is 2.10. The van der Waals surface area contributed by atoms with Gasteiger partial charge in [0, 0.05) is 17.3 Å². The van der Waals surface area contributed by atoms with Crippen LogP contribution in [0.5, 0.6) is 0 Å². The first-order valence-electron chi connectivity index (χ1n) is 6.06. The van der Waals surface area contributed by atoms with Crippen LogP contribution in [0.2, 0.25) is 0 Å². The summed E-state index contributed by atoms with van der Waals surface area (Å²) in [4.78, 5) is 12.0. The lowest BCUT2D eigenvalue weighted by atomic mass is 9.99. The van der Waals surface area contributed by atoms with Crippen LogP contribution in [-0.4, -0.2) is 5.78 Å². The van der Waals surface area contributed by atoms with Crippen molar-refractivity contribution in [3.05, 3.63) is 69.4 Å². The van der Waals surface area contributed by atoms with Crippen LogP contribution in [0.25, 0.3) is 0 Å². The van der Waals surface area contributed by atoms with Crippen LogP contribution >= 0.6 is 15.9 Å². The summed E-state index contributed by atoms with van der Waals surface area (Å²) in [5.41, 5.74) is 2.54. The lowest BCUT2D eigenvalue weighted by molar-refractivity contribution is -0.117. The molecule has 0 amide bonds. The zero-order chi connectivity index (χ0) is 13.8. The molecule has 0 heterocycles. The maximum absolute atomic E-state index is 13.6. The minimum absolute atomic E-state index is 0.0236. The van der Waals surface area contributed by atoms with Crippen LogP contribution in [-0.2, 0) is 17.6 Å². The number of aryl methyl sites for hydroxylation is 1. The Balaban J connectivity index is 2.08. The molecule has 0 radical (unpaired) electrons. The Kier molecular flexibility index (Phi) is 4.48. The van der Waals surface area contributed by atoms with E-state index in [0.29, 0.717) is 16.5 Å². The maximum atomic E-state index is 13.6. The Labute approximate surface area is 120 Å². The van der Waals surface area contributed by atoms with Gasteiger partial charge in [-0.05, 0) is 35.7 Å².